The van der Waals surface area contributed by atoms with Gasteiger partial charge in [0.25, 0.3) is 5.91 Å². The number of amides is 3. The number of benzene rings is 2. The minimum absolute atomic E-state index is 0.183. The number of hydrogen-bond acceptors (Lipinski definition) is 6. The first-order chi connectivity index (χ1) is 13.6. The summed E-state index contributed by atoms with van der Waals surface area (Å²) in [5.74, 6) is -1.10. The van der Waals surface area contributed by atoms with Crippen LogP contribution in [0.3, 0.4) is 0 Å². The number of carbonyl (C=O) groups excluding carboxylic acids is 3. The van der Waals surface area contributed by atoms with E-state index in [1.165, 1.54) is 11.1 Å². The van der Waals surface area contributed by atoms with Crippen molar-refractivity contribution in [3.63, 3.8) is 0 Å². The first-order valence-electron chi connectivity index (χ1n) is 8.83. The van der Waals surface area contributed by atoms with Gasteiger partial charge >= 0.3 is 0 Å². The Labute approximate surface area is 158 Å². The summed E-state index contributed by atoms with van der Waals surface area (Å²) in [4.78, 5) is 38.4. The largest absolute Gasteiger partial charge is 0.382 e. The summed E-state index contributed by atoms with van der Waals surface area (Å²) in [6, 6.07) is 7.96. The summed E-state index contributed by atoms with van der Waals surface area (Å²) < 4.78 is 0. The van der Waals surface area contributed by atoms with Crippen LogP contribution in [-0.2, 0) is 9.59 Å². The smallest absolute Gasteiger partial charge is 0.259 e. The summed E-state index contributed by atoms with van der Waals surface area (Å²) in [7, 11) is 0. The zero-order valence-electron chi connectivity index (χ0n) is 14.5. The van der Waals surface area contributed by atoms with Gasteiger partial charge in [0.05, 0.1) is 11.9 Å². The van der Waals surface area contributed by atoms with E-state index in [-0.39, 0.29) is 24.7 Å². The lowest BCUT2D eigenvalue weighted by Gasteiger charge is -2.30. The fourth-order valence-corrected chi connectivity index (χ4v) is 4.01. The van der Waals surface area contributed by atoms with E-state index < -0.39 is 18.1 Å². The molecule has 3 N–H and O–H groups in total. The molecule has 1 saturated heterocycles. The van der Waals surface area contributed by atoms with Gasteiger partial charge in [-0.05, 0) is 29.5 Å². The Morgan fingerprint density at radius 3 is 2.79 bits per heavy atom. The van der Waals surface area contributed by atoms with Crippen molar-refractivity contribution in [2.45, 2.75) is 25.0 Å². The first kappa shape index (κ1) is 16.6. The molecule has 140 valence electrons. The van der Waals surface area contributed by atoms with Gasteiger partial charge in [-0.2, -0.15) is 15.4 Å². The van der Waals surface area contributed by atoms with Crippen LogP contribution in [-0.4, -0.2) is 44.3 Å². The molecule has 0 bridgehead atoms. The van der Waals surface area contributed by atoms with Gasteiger partial charge < -0.3 is 5.11 Å². The third kappa shape index (κ3) is 2.26. The molecule has 0 spiro atoms. The van der Waals surface area contributed by atoms with E-state index in [1.807, 2.05) is 6.07 Å². The number of piperidine rings is 1. The summed E-state index contributed by atoms with van der Waals surface area (Å²) >= 11 is 0. The van der Waals surface area contributed by atoms with Crippen molar-refractivity contribution >= 4 is 34.2 Å². The van der Waals surface area contributed by atoms with Crippen LogP contribution >= 0.6 is 0 Å². The number of imide groups is 1. The van der Waals surface area contributed by atoms with Crippen LogP contribution in [0.25, 0.3) is 10.8 Å². The summed E-state index contributed by atoms with van der Waals surface area (Å²) in [6.07, 6.45) is 0.884. The van der Waals surface area contributed by atoms with E-state index in [0.717, 1.165) is 0 Å². The fraction of sp³-hybridized carbons (Fsp3) is 0.211. The second kappa shape index (κ2) is 5.96. The molecular formula is C19H15N5O4. The van der Waals surface area contributed by atoms with Gasteiger partial charge in [-0.3, -0.25) is 24.6 Å². The minimum Gasteiger partial charge on any atom is -0.382 e. The van der Waals surface area contributed by atoms with Gasteiger partial charge in [0.1, 0.15) is 17.8 Å². The molecular weight excluding hydrogens is 362 g/mol. The number of aromatic nitrogens is 3. The SMILES string of the molecule is O=C1CCC(N2C(=O)c3cccc4c(C(O)c5cn[nH]n5)ccc2c34)C(=O)N1. The maximum Gasteiger partial charge on any atom is 0.259 e. The second-order valence-corrected chi connectivity index (χ2v) is 6.84. The molecule has 9 nitrogen and oxygen atoms in total. The van der Waals surface area contributed by atoms with Gasteiger partial charge in [0.15, 0.2) is 0 Å². The van der Waals surface area contributed by atoms with Crippen LogP contribution in [0.1, 0.15) is 40.6 Å². The Kier molecular flexibility index (Phi) is 3.53. The third-order valence-electron chi connectivity index (χ3n) is 5.29. The molecule has 9 heteroatoms. The maximum atomic E-state index is 13.1. The topological polar surface area (TPSA) is 128 Å². The number of aliphatic hydroxyl groups is 1. The van der Waals surface area contributed by atoms with Crippen LogP contribution in [0, 0.1) is 0 Å². The quantitative estimate of drug-likeness (QED) is 0.579. The summed E-state index contributed by atoms with van der Waals surface area (Å²) in [6.45, 7) is 0. The first-order valence-corrected chi connectivity index (χ1v) is 8.83. The lowest BCUT2D eigenvalue weighted by atomic mass is 9.96. The Morgan fingerprint density at radius 1 is 1.18 bits per heavy atom. The van der Waals surface area contributed by atoms with Gasteiger partial charge in [-0.15, -0.1) is 0 Å². The predicted molar refractivity (Wildman–Crippen MR) is 97.4 cm³/mol. The lowest BCUT2D eigenvalue weighted by molar-refractivity contribution is -0.134. The zero-order chi connectivity index (χ0) is 19.4. The molecule has 3 amide bonds. The molecule has 3 aromatic rings. The average molecular weight is 377 g/mol. The number of nitrogens with one attached hydrogen (secondary N) is 2. The van der Waals surface area contributed by atoms with E-state index >= 15 is 0 Å². The Balaban J connectivity index is 1.65. The van der Waals surface area contributed by atoms with E-state index in [4.69, 9.17) is 0 Å². The van der Waals surface area contributed by atoms with Crippen LogP contribution < -0.4 is 10.2 Å². The molecule has 2 atom stereocenters. The van der Waals surface area contributed by atoms with Crippen LogP contribution in [0.2, 0.25) is 0 Å². The Bertz CT molecular complexity index is 1140. The van der Waals surface area contributed by atoms with Crippen molar-refractivity contribution in [2.75, 3.05) is 4.90 Å². The molecule has 3 heterocycles. The average Bonchev–Trinajstić information content (AvgIpc) is 3.31. The van der Waals surface area contributed by atoms with Gasteiger partial charge in [-0.25, -0.2) is 0 Å². The molecule has 0 radical (unpaired) electrons. The molecule has 1 fully saturated rings. The van der Waals surface area contributed by atoms with Crippen molar-refractivity contribution in [1.29, 1.82) is 0 Å². The normalized spacial score (nSPS) is 20.0. The molecule has 2 aliphatic rings. The van der Waals surface area contributed by atoms with Crippen molar-refractivity contribution in [3.05, 3.63) is 53.3 Å². The number of carbonyl (C=O) groups is 3. The van der Waals surface area contributed by atoms with Gasteiger partial charge in [0.2, 0.25) is 11.8 Å². The van der Waals surface area contributed by atoms with Crippen LogP contribution in [0.4, 0.5) is 5.69 Å². The molecule has 0 aliphatic carbocycles. The van der Waals surface area contributed by atoms with Gasteiger partial charge in [-0.1, -0.05) is 18.2 Å². The van der Waals surface area contributed by atoms with Crippen LogP contribution in [0.15, 0.2) is 36.5 Å². The summed E-state index contributed by atoms with van der Waals surface area (Å²) in [5.41, 5.74) is 2.02. The number of aromatic amines is 1. The number of nitrogens with zero attached hydrogens (tertiary/aromatic N) is 3. The molecule has 5 rings (SSSR count). The molecule has 2 aromatic carbocycles. The highest BCUT2D eigenvalue weighted by atomic mass is 16.3. The Morgan fingerprint density at radius 2 is 2.04 bits per heavy atom. The highest BCUT2D eigenvalue weighted by Gasteiger charge is 2.41. The third-order valence-corrected chi connectivity index (χ3v) is 5.29. The number of H-pyrrole nitrogens is 1. The number of rotatable bonds is 3. The molecule has 0 saturated carbocycles. The Hall–Kier alpha value is -3.59. The molecule has 2 aliphatic heterocycles. The monoisotopic (exact) mass is 377 g/mol. The van der Waals surface area contributed by atoms with Crippen LogP contribution in [0.5, 0.6) is 0 Å². The van der Waals surface area contributed by atoms with Crippen molar-refractivity contribution in [3.8, 4) is 0 Å². The molecule has 28 heavy (non-hydrogen) atoms. The van der Waals surface area contributed by atoms with Crippen molar-refractivity contribution in [2.24, 2.45) is 0 Å². The van der Waals surface area contributed by atoms with Crippen molar-refractivity contribution in [1.82, 2.24) is 20.7 Å². The number of aliphatic hydroxyl groups excluding tert-OH is 1. The molecule has 1 aromatic heterocycles. The van der Waals surface area contributed by atoms with E-state index in [9.17, 15) is 19.5 Å². The zero-order valence-corrected chi connectivity index (χ0v) is 14.5. The molecule has 2 unspecified atom stereocenters. The van der Waals surface area contributed by atoms with Crippen molar-refractivity contribution < 1.29 is 19.5 Å². The number of hydrogen-bond donors (Lipinski definition) is 3. The lowest BCUT2D eigenvalue weighted by Crippen LogP contribution is -2.53. The predicted octanol–water partition coefficient (Wildman–Crippen LogP) is 0.805. The minimum atomic E-state index is -1.01. The second-order valence-electron chi connectivity index (χ2n) is 6.84. The standard InChI is InChI=1S/C19H15N5O4/c25-15-7-6-14(18(27)21-15)24-13-5-4-10(17(26)12-8-20-23-22-12)9-2-1-3-11(16(9)13)19(24)28/h1-5,8,14,17,26H,6-7H2,(H,20,22,23)(H,21,25,27). The van der Waals surface area contributed by atoms with E-state index in [1.54, 1.807) is 24.3 Å². The maximum absolute atomic E-state index is 13.1. The summed E-state index contributed by atoms with van der Waals surface area (Å²) in [5, 5.41) is 24.5. The number of anilines is 1. The van der Waals surface area contributed by atoms with E-state index in [2.05, 4.69) is 20.7 Å². The highest BCUT2D eigenvalue weighted by Crippen LogP contribution is 2.42. The van der Waals surface area contributed by atoms with Gasteiger partial charge in [0, 0.05) is 17.4 Å². The van der Waals surface area contributed by atoms with E-state index in [0.29, 0.717) is 33.3 Å². The highest BCUT2D eigenvalue weighted by molar-refractivity contribution is 6.27. The fourth-order valence-electron chi connectivity index (χ4n) is 4.01.